The molecule has 7 heteroatoms. The number of fused-ring (bicyclic) bond motifs is 3. The highest BCUT2D eigenvalue weighted by atomic mass is 35.5. The molecule has 0 saturated carbocycles. The van der Waals surface area contributed by atoms with E-state index < -0.39 is 0 Å². The van der Waals surface area contributed by atoms with E-state index in [-0.39, 0.29) is 5.56 Å². The molecule has 0 atom stereocenters. The second kappa shape index (κ2) is 6.73. The Morgan fingerprint density at radius 1 is 1.10 bits per heavy atom. The van der Waals surface area contributed by atoms with Gasteiger partial charge in [0.25, 0.3) is 5.56 Å². The van der Waals surface area contributed by atoms with Gasteiger partial charge in [-0.2, -0.15) is 0 Å². The van der Waals surface area contributed by atoms with Crippen LogP contribution in [0.1, 0.15) is 16.9 Å². The Morgan fingerprint density at radius 2 is 1.90 bits per heavy atom. The lowest BCUT2D eigenvalue weighted by molar-refractivity contribution is 0.571. The van der Waals surface area contributed by atoms with Gasteiger partial charge in [0.15, 0.2) is 4.96 Å². The van der Waals surface area contributed by atoms with Gasteiger partial charge < -0.3 is 4.42 Å². The van der Waals surface area contributed by atoms with Crippen molar-refractivity contribution in [3.8, 4) is 11.3 Å². The van der Waals surface area contributed by atoms with Gasteiger partial charge in [0.1, 0.15) is 16.1 Å². The first kappa shape index (κ1) is 18.4. The third kappa shape index (κ3) is 2.97. The highest BCUT2D eigenvalue weighted by Gasteiger charge is 2.14. The molecule has 4 nitrogen and oxygen atoms in total. The molecule has 0 fully saturated rings. The Bertz CT molecular complexity index is 1530. The Labute approximate surface area is 179 Å². The monoisotopic (exact) mass is 440 g/mol. The van der Waals surface area contributed by atoms with Gasteiger partial charge in [0, 0.05) is 11.6 Å². The van der Waals surface area contributed by atoms with Gasteiger partial charge in [-0.3, -0.25) is 4.79 Å². The molecule has 0 unspecified atom stereocenters. The molecule has 5 rings (SSSR count). The van der Waals surface area contributed by atoms with Gasteiger partial charge in [0.05, 0.1) is 21.1 Å². The molecule has 0 saturated heterocycles. The van der Waals surface area contributed by atoms with E-state index in [2.05, 4.69) is 4.98 Å². The van der Waals surface area contributed by atoms with E-state index in [1.54, 1.807) is 22.6 Å². The highest BCUT2D eigenvalue weighted by molar-refractivity contribution is 7.15. The van der Waals surface area contributed by atoms with E-state index in [1.807, 2.05) is 44.2 Å². The number of nitrogens with zero attached hydrogens (tertiary/aromatic N) is 2. The van der Waals surface area contributed by atoms with Crippen molar-refractivity contribution in [2.75, 3.05) is 0 Å². The van der Waals surface area contributed by atoms with Crippen molar-refractivity contribution in [3.63, 3.8) is 0 Å². The smallest absolute Gasteiger partial charge is 0.275 e. The summed E-state index contributed by atoms with van der Waals surface area (Å²) in [5.74, 6) is 1.16. The zero-order valence-electron chi connectivity index (χ0n) is 15.5. The second-order valence-corrected chi connectivity index (χ2v) is 8.67. The Kier molecular flexibility index (Phi) is 4.28. The first-order valence-corrected chi connectivity index (χ1v) is 10.5. The maximum atomic E-state index is 13.0. The van der Waals surface area contributed by atoms with Crippen molar-refractivity contribution in [1.29, 1.82) is 0 Å². The van der Waals surface area contributed by atoms with Crippen LogP contribution in [-0.4, -0.2) is 9.38 Å². The molecule has 0 radical (unpaired) electrons. The number of halogens is 2. The Balaban J connectivity index is 1.64. The van der Waals surface area contributed by atoms with Crippen LogP contribution in [0, 0.1) is 13.8 Å². The number of aryl methyl sites for hydroxylation is 2. The summed E-state index contributed by atoms with van der Waals surface area (Å²) in [7, 11) is 0. The molecule has 0 aliphatic heterocycles. The van der Waals surface area contributed by atoms with Crippen molar-refractivity contribution in [1.82, 2.24) is 9.38 Å². The summed E-state index contributed by atoms with van der Waals surface area (Å²) in [6, 6.07) is 13.0. The molecule has 0 amide bonds. The second-order valence-electron chi connectivity index (χ2n) is 6.87. The van der Waals surface area contributed by atoms with Crippen molar-refractivity contribution < 1.29 is 4.42 Å². The molecular weight excluding hydrogens is 427 g/mol. The summed E-state index contributed by atoms with van der Waals surface area (Å²) in [5, 5.41) is 0.899. The van der Waals surface area contributed by atoms with Crippen LogP contribution in [0.3, 0.4) is 0 Å². The van der Waals surface area contributed by atoms with E-state index in [1.165, 1.54) is 11.3 Å². The van der Waals surface area contributed by atoms with E-state index in [9.17, 15) is 4.79 Å². The third-order valence-electron chi connectivity index (χ3n) is 4.97. The van der Waals surface area contributed by atoms with E-state index >= 15 is 0 Å². The summed E-state index contributed by atoms with van der Waals surface area (Å²) in [6.07, 6.45) is 1.73. The molecule has 0 aliphatic rings. The average Bonchev–Trinajstić information content (AvgIpc) is 3.35. The molecule has 0 aliphatic carbocycles. The molecule has 144 valence electrons. The van der Waals surface area contributed by atoms with Gasteiger partial charge in [-0.15, -0.1) is 0 Å². The predicted octanol–water partition coefficient (Wildman–Crippen LogP) is 5.64. The first-order valence-electron chi connectivity index (χ1n) is 8.90. The topological polar surface area (TPSA) is 47.5 Å². The van der Waals surface area contributed by atoms with Crippen LogP contribution in [0.5, 0.6) is 0 Å². The van der Waals surface area contributed by atoms with Gasteiger partial charge in [0.2, 0.25) is 0 Å². The number of hydrogen-bond donors (Lipinski definition) is 0. The lowest BCUT2D eigenvalue weighted by atomic mass is 10.1. The normalized spacial score (nSPS) is 12.5. The maximum Gasteiger partial charge on any atom is 0.275 e. The standard InChI is InChI=1S/C22H14Cl2N2O2S/c1-11-8-16-17(9-12(11)2)26-21(27)19(29-22(26)25-16)10-13-6-7-18(28-13)14-4-3-5-15(23)20(14)24/h3-10H,1-2H3/b19-10+. The van der Waals surface area contributed by atoms with Crippen LogP contribution in [0.25, 0.3) is 33.4 Å². The van der Waals surface area contributed by atoms with Crippen LogP contribution in [-0.2, 0) is 0 Å². The largest absolute Gasteiger partial charge is 0.457 e. The van der Waals surface area contributed by atoms with Crippen molar-refractivity contribution in [3.05, 3.63) is 84.3 Å². The molecule has 0 spiro atoms. The quantitative estimate of drug-likeness (QED) is 0.356. The Morgan fingerprint density at radius 3 is 2.72 bits per heavy atom. The summed E-state index contributed by atoms with van der Waals surface area (Å²) in [5.41, 5.74) is 4.55. The maximum absolute atomic E-state index is 13.0. The minimum Gasteiger partial charge on any atom is -0.457 e. The van der Waals surface area contributed by atoms with Crippen LogP contribution in [0.15, 0.2) is 51.7 Å². The first-order chi connectivity index (χ1) is 13.9. The minimum absolute atomic E-state index is 0.102. The molecular formula is C22H14Cl2N2O2S. The summed E-state index contributed by atoms with van der Waals surface area (Å²) >= 11 is 13.7. The average molecular weight is 441 g/mol. The predicted molar refractivity (Wildman–Crippen MR) is 119 cm³/mol. The van der Waals surface area contributed by atoms with Gasteiger partial charge >= 0.3 is 0 Å². The number of aromatic nitrogens is 2. The molecule has 3 aromatic heterocycles. The van der Waals surface area contributed by atoms with Crippen LogP contribution >= 0.6 is 34.5 Å². The molecule has 2 aromatic carbocycles. The molecule has 0 N–H and O–H groups in total. The Hall–Kier alpha value is -2.60. The van der Waals surface area contributed by atoms with E-state index in [4.69, 9.17) is 27.6 Å². The number of imidazole rings is 1. The fourth-order valence-electron chi connectivity index (χ4n) is 3.32. The molecule has 29 heavy (non-hydrogen) atoms. The van der Waals surface area contributed by atoms with Crippen LogP contribution < -0.4 is 10.1 Å². The van der Waals surface area contributed by atoms with E-state index in [0.717, 1.165) is 22.2 Å². The van der Waals surface area contributed by atoms with Crippen LogP contribution in [0.2, 0.25) is 10.0 Å². The molecule has 5 aromatic rings. The number of furan rings is 1. The van der Waals surface area contributed by atoms with E-state index in [0.29, 0.717) is 36.6 Å². The zero-order chi connectivity index (χ0) is 20.3. The number of hydrogen-bond acceptors (Lipinski definition) is 4. The minimum atomic E-state index is -0.102. The lowest BCUT2D eigenvalue weighted by Crippen LogP contribution is -2.22. The molecule has 3 heterocycles. The van der Waals surface area contributed by atoms with Gasteiger partial charge in [-0.25, -0.2) is 9.38 Å². The zero-order valence-corrected chi connectivity index (χ0v) is 17.8. The number of thiazole rings is 1. The number of benzene rings is 2. The molecule has 0 bridgehead atoms. The fraction of sp³-hybridized carbons (Fsp3) is 0.0909. The van der Waals surface area contributed by atoms with Crippen molar-refractivity contribution in [2.45, 2.75) is 13.8 Å². The van der Waals surface area contributed by atoms with Crippen LogP contribution in [0.4, 0.5) is 0 Å². The van der Waals surface area contributed by atoms with Gasteiger partial charge in [-0.05, 0) is 61.4 Å². The highest BCUT2D eigenvalue weighted by Crippen LogP contribution is 2.34. The third-order valence-corrected chi connectivity index (χ3v) is 6.76. The SMILES string of the molecule is Cc1cc2nc3s/c(=C/c4ccc(-c5cccc(Cl)c5Cl)o4)c(=O)n3c2cc1C. The summed E-state index contributed by atoms with van der Waals surface area (Å²) < 4.78 is 8.12. The number of rotatable bonds is 2. The van der Waals surface area contributed by atoms with Gasteiger partial charge in [-0.1, -0.05) is 40.6 Å². The summed E-state index contributed by atoms with van der Waals surface area (Å²) in [4.78, 5) is 18.3. The fourth-order valence-corrected chi connectivity index (χ4v) is 4.68. The van der Waals surface area contributed by atoms with Crippen molar-refractivity contribution in [2.24, 2.45) is 0 Å². The lowest BCUT2D eigenvalue weighted by Gasteiger charge is -2.01. The van der Waals surface area contributed by atoms with Crippen molar-refractivity contribution >= 4 is 56.6 Å². The summed E-state index contributed by atoms with van der Waals surface area (Å²) in [6.45, 7) is 4.07.